The van der Waals surface area contributed by atoms with Gasteiger partial charge in [-0.3, -0.25) is 14.4 Å². The quantitative estimate of drug-likeness (QED) is 0.245. The summed E-state index contributed by atoms with van der Waals surface area (Å²) in [5.74, 6) is -1.85. The van der Waals surface area contributed by atoms with Crippen LogP contribution in [0.2, 0.25) is 0 Å². The molecule has 0 aromatic carbocycles. The fourth-order valence-corrected chi connectivity index (χ4v) is 1.59. The highest BCUT2D eigenvalue weighted by Gasteiger charge is 2.23. The molecule has 5 N–H and O–H groups in total. The van der Waals surface area contributed by atoms with Crippen LogP contribution in [-0.4, -0.2) is 45.9 Å². The number of aliphatic carboxylic acids is 1. The third kappa shape index (κ3) is 7.98. The molecule has 8 heteroatoms. The Morgan fingerprint density at radius 1 is 1.26 bits per heavy atom. The second-order valence-electron chi connectivity index (χ2n) is 4.11. The van der Waals surface area contributed by atoms with Crippen molar-refractivity contribution in [2.75, 3.05) is 11.0 Å². The van der Waals surface area contributed by atoms with E-state index in [0.717, 1.165) is 6.42 Å². The molecule has 110 valence electrons. The van der Waals surface area contributed by atoms with Crippen molar-refractivity contribution in [2.24, 2.45) is 5.73 Å². The Morgan fingerprint density at radius 3 is 2.37 bits per heavy atom. The van der Waals surface area contributed by atoms with Crippen LogP contribution in [0.15, 0.2) is 0 Å². The van der Waals surface area contributed by atoms with E-state index in [1.807, 2.05) is 22.6 Å². The van der Waals surface area contributed by atoms with Crippen LogP contribution >= 0.6 is 22.6 Å². The average Bonchev–Trinajstić information content (AvgIpc) is 2.37. The first-order valence-corrected chi connectivity index (χ1v) is 7.53. The molecule has 2 atom stereocenters. The van der Waals surface area contributed by atoms with Gasteiger partial charge in [0.1, 0.15) is 12.1 Å². The van der Waals surface area contributed by atoms with Crippen LogP contribution in [0.25, 0.3) is 0 Å². The summed E-state index contributed by atoms with van der Waals surface area (Å²) in [5.41, 5.74) is 5.37. The summed E-state index contributed by atoms with van der Waals surface area (Å²) >= 11 is 1.89. The first-order valence-electron chi connectivity index (χ1n) is 6.01. The maximum atomic E-state index is 11.9. The largest absolute Gasteiger partial charge is 0.480 e. The van der Waals surface area contributed by atoms with Crippen molar-refractivity contribution < 1.29 is 19.5 Å². The highest BCUT2D eigenvalue weighted by Crippen LogP contribution is 2.02. The van der Waals surface area contributed by atoms with Gasteiger partial charge in [-0.25, -0.2) is 0 Å². The van der Waals surface area contributed by atoms with E-state index in [0.29, 0.717) is 19.4 Å². The minimum atomic E-state index is -1.12. The number of hydrogen-bond donors (Lipinski definition) is 4. The first-order chi connectivity index (χ1) is 8.92. The molecular formula is C11H20IN3O4. The van der Waals surface area contributed by atoms with Gasteiger partial charge >= 0.3 is 5.97 Å². The van der Waals surface area contributed by atoms with Gasteiger partial charge in [-0.15, -0.1) is 0 Å². The number of alkyl halides is 1. The van der Waals surface area contributed by atoms with Crippen molar-refractivity contribution in [3.8, 4) is 0 Å². The lowest BCUT2D eigenvalue weighted by Crippen LogP contribution is -2.51. The van der Waals surface area contributed by atoms with Gasteiger partial charge < -0.3 is 21.5 Å². The monoisotopic (exact) mass is 385 g/mol. The maximum absolute atomic E-state index is 11.9. The van der Waals surface area contributed by atoms with Gasteiger partial charge in [0.15, 0.2) is 0 Å². The summed E-state index contributed by atoms with van der Waals surface area (Å²) in [4.78, 5) is 33.9. The molecule has 0 aromatic heterocycles. The lowest BCUT2D eigenvalue weighted by atomic mass is 10.1. The first kappa shape index (κ1) is 18.1. The van der Waals surface area contributed by atoms with Crippen molar-refractivity contribution in [3.63, 3.8) is 0 Å². The highest BCUT2D eigenvalue weighted by molar-refractivity contribution is 14.1. The number of unbranched alkanes of at least 4 members (excludes halogenated alkanes) is 1. The van der Waals surface area contributed by atoms with Crippen molar-refractivity contribution in [1.29, 1.82) is 0 Å². The Bertz CT molecular complexity index is 325. The van der Waals surface area contributed by atoms with Gasteiger partial charge in [-0.2, -0.15) is 0 Å². The van der Waals surface area contributed by atoms with Gasteiger partial charge in [0.25, 0.3) is 0 Å². The summed E-state index contributed by atoms with van der Waals surface area (Å²) in [6.07, 6.45) is 1.88. The van der Waals surface area contributed by atoms with E-state index in [1.165, 1.54) is 6.92 Å². The molecule has 0 aliphatic rings. The molecule has 0 fully saturated rings. The SMILES string of the molecule is C[C@@H](NC(=O)[C@H](CCCCN)NC(=O)CI)C(=O)O. The van der Waals surface area contributed by atoms with Crippen molar-refractivity contribution in [1.82, 2.24) is 10.6 Å². The topological polar surface area (TPSA) is 122 Å². The van der Waals surface area contributed by atoms with Crippen molar-refractivity contribution in [2.45, 2.75) is 38.3 Å². The fourth-order valence-electron chi connectivity index (χ4n) is 1.37. The molecule has 0 heterocycles. The summed E-state index contributed by atoms with van der Waals surface area (Å²) in [6.45, 7) is 1.89. The Balaban J connectivity index is 4.48. The lowest BCUT2D eigenvalue weighted by molar-refractivity contribution is -0.141. The van der Waals surface area contributed by atoms with E-state index in [1.54, 1.807) is 0 Å². The summed E-state index contributed by atoms with van der Waals surface area (Å²) in [6, 6.07) is -1.70. The Labute approximate surface area is 125 Å². The molecule has 0 bridgehead atoms. The zero-order valence-corrected chi connectivity index (χ0v) is 13.0. The number of hydrogen-bond acceptors (Lipinski definition) is 4. The Hall–Kier alpha value is -0.900. The average molecular weight is 385 g/mol. The predicted molar refractivity (Wildman–Crippen MR) is 79.0 cm³/mol. The third-order valence-electron chi connectivity index (χ3n) is 2.45. The van der Waals surface area contributed by atoms with E-state index in [4.69, 9.17) is 10.8 Å². The molecule has 19 heavy (non-hydrogen) atoms. The third-order valence-corrected chi connectivity index (χ3v) is 3.14. The second kappa shape index (κ2) is 9.96. The molecule has 0 saturated carbocycles. The number of carboxylic acids is 1. The van der Waals surface area contributed by atoms with Crippen molar-refractivity contribution in [3.05, 3.63) is 0 Å². The van der Waals surface area contributed by atoms with Gasteiger partial charge in [-0.1, -0.05) is 22.6 Å². The molecular weight excluding hydrogens is 365 g/mol. The van der Waals surface area contributed by atoms with Crippen LogP contribution in [0.3, 0.4) is 0 Å². The van der Waals surface area contributed by atoms with Crippen LogP contribution in [0.4, 0.5) is 0 Å². The van der Waals surface area contributed by atoms with Crippen LogP contribution in [0, 0.1) is 0 Å². The molecule has 0 aromatic rings. The number of rotatable bonds is 9. The Kier molecular flexibility index (Phi) is 9.48. The van der Waals surface area contributed by atoms with Crippen LogP contribution < -0.4 is 16.4 Å². The van der Waals surface area contributed by atoms with Gasteiger partial charge in [0.05, 0.1) is 4.43 Å². The number of nitrogens with one attached hydrogen (secondary N) is 2. The normalized spacial score (nSPS) is 13.4. The molecule has 0 saturated heterocycles. The smallest absolute Gasteiger partial charge is 0.325 e. The van der Waals surface area contributed by atoms with E-state index in [9.17, 15) is 14.4 Å². The molecule has 7 nitrogen and oxygen atoms in total. The van der Waals surface area contributed by atoms with E-state index in [-0.39, 0.29) is 10.3 Å². The number of carbonyl (C=O) groups excluding carboxylic acids is 2. The molecule has 0 spiro atoms. The predicted octanol–water partition coefficient (Wildman–Crippen LogP) is -0.375. The van der Waals surface area contributed by atoms with Gasteiger partial charge in [0, 0.05) is 0 Å². The standard InChI is InChI=1S/C11H20IN3O4/c1-7(11(18)19)14-10(17)8(4-2-3-5-13)15-9(16)6-12/h7-8H,2-6,13H2,1H3,(H,14,17)(H,15,16)(H,18,19)/t7-,8+/m1/s1. The van der Waals surface area contributed by atoms with E-state index in [2.05, 4.69) is 10.6 Å². The summed E-state index contributed by atoms with van der Waals surface area (Å²) in [7, 11) is 0. The molecule has 0 unspecified atom stereocenters. The van der Waals surface area contributed by atoms with Gasteiger partial charge in [0.2, 0.25) is 11.8 Å². The summed E-state index contributed by atoms with van der Waals surface area (Å²) in [5, 5.41) is 13.7. The number of carbonyl (C=O) groups is 3. The summed E-state index contributed by atoms with van der Waals surface area (Å²) < 4.78 is 0.243. The molecule has 0 aliphatic heterocycles. The van der Waals surface area contributed by atoms with Crippen LogP contribution in [0.5, 0.6) is 0 Å². The molecule has 2 amide bonds. The van der Waals surface area contributed by atoms with E-state index >= 15 is 0 Å². The molecule has 0 radical (unpaired) electrons. The van der Waals surface area contributed by atoms with Crippen LogP contribution in [0.1, 0.15) is 26.2 Å². The number of carboxylic acid groups (broad SMARTS) is 1. The number of nitrogens with two attached hydrogens (primary N) is 1. The second-order valence-corrected chi connectivity index (χ2v) is 4.87. The highest BCUT2D eigenvalue weighted by atomic mass is 127. The molecule has 0 rings (SSSR count). The molecule has 0 aliphatic carbocycles. The number of halogens is 1. The lowest BCUT2D eigenvalue weighted by Gasteiger charge is -2.19. The zero-order valence-electron chi connectivity index (χ0n) is 10.8. The van der Waals surface area contributed by atoms with Crippen LogP contribution in [-0.2, 0) is 14.4 Å². The minimum absolute atomic E-state index is 0.243. The maximum Gasteiger partial charge on any atom is 0.325 e. The number of amides is 2. The fraction of sp³-hybridized carbons (Fsp3) is 0.727. The Morgan fingerprint density at radius 2 is 1.89 bits per heavy atom. The zero-order chi connectivity index (χ0) is 14.8. The minimum Gasteiger partial charge on any atom is -0.480 e. The van der Waals surface area contributed by atoms with Gasteiger partial charge in [-0.05, 0) is 32.7 Å². The van der Waals surface area contributed by atoms with Crippen molar-refractivity contribution >= 4 is 40.4 Å². The van der Waals surface area contributed by atoms with E-state index < -0.39 is 24.0 Å².